The van der Waals surface area contributed by atoms with Gasteiger partial charge in [-0.25, -0.2) is 0 Å². The number of nitrogens with zero attached hydrogens (tertiary/aromatic N) is 2. The van der Waals surface area contributed by atoms with Crippen LogP contribution in [0.15, 0.2) is 10.5 Å². The van der Waals surface area contributed by atoms with Gasteiger partial charge in [-0.1, -0.05) is 0 Å². The van der Waals surface area contributed by atoms with Crippen LogP contribution in [-0.2, 0) is 0 Å². The smallest absolute Gasteiger partial charge is 0.407 e. The topological polar surface area (TPSA) is 76.3 Å². The van der Waals surface area contributed by atoms with Gasteiger partial charge in [-0.15, -0.1) is 0 Å². The lowest BCUT2D eigenvalue weighted by atomic mass is 10.3. The van der Waals surface area contributed by atoms with Crippen LogP contribution in [0.1, 0.15) is 5.69 Å². The van der Waals surface area contributed by atoms with Gasteiger partial charge >= 0.3 is 5.82 Å². The van der Waals surface area contributed by atoms with Crippen molar-refractivity contribution in [3.05, 3.63) is 26.3 Å². The molecule has 1 rings (SSSR count). The first-order chi connectivity index (χ1) is 5.52. The van der Waals surface area contributed by atoms with Gasteiger partial charge in [0.1, 0.15) is 0 Å². The van der Waals surface area contributed by atoms with Crippen LogP contribution in [0.5, 0.6) is 5.75 Å². The van der Waals surface area contributed by atoms with Crippen LogP contribution in [0.25, 0.3) is 0 Å². The van der Waals surface area contributed by atoms with E-state index in [1.807, 2.05) is 0 Å². The van der Waals surface area contributed by atoms with Crippen molar-refractivity contribution in [3.8, 4) is 5.75 Å². The molecule has 0 aliphatic carbocycles. The minimum atomic E-state index is -0.729. The zero-order valence-corrected chi connectivity index (χ0v) is 7.70. The summed E-state index contributed by atoms with van der Waals surface area (Å²) in [6, 6.07) is 1.50. The van der Waals surface area contributed by atoms with Crippen molar-refractivity contribution in [2.75, 3.05) is 0 Å². The Hall–Kier alpha value is -1.17. The molecular formula is C6H5BrN2O3. The molecule has 64 valence electrons. The van der Waals surface area contributed by atoms with E-state index >= 15 is 0 Å². The zero-order chi connectivity index (χ0) is 9.30. The molecule has 0 fully saturated rings. The van der Waals surface area contributed by atoms with E-state index in [4.69, 9.17) is 5.11 Å². The summed E-state index contributed by atoms with van der Waals surface area (Å²) in [5.41, 5.74) is 0.478. The first-order valence-corrected chi connectivity index (χ1v) is 3.82. The lowest BCUT2D eigenvalue weighted by Gasteiger charge is -1.97. The third-order valence-electron chi connectivity index (χ3n) is 1.23. The Bertz CT molecular complexity index is 340. The molecule has 0 bridgehead atoms. The molecule has 0 radical (unpaired) electrons. The van der Waals surface area contributed by atoms with E-state index in [1.54, 1.807) is 6.92 Å². The summed E-state index contributed by atoms with van der Waals surface area (Å²) in [5.74, 6) is -0.965. The second-order valence-corrected chi connectivity index (χ2v) is 3.03. The van der Waals surface area contributed by atoms with Crippen LogP contribution in [0.3, 0.4) is 0 Å². The molecule has 1 aromatic heterocycles. The minimum absolute atomic E-state index is 0.279. The fourth-order valence-electron chi connectivity index (χ4n) is 0.738. The van der Waals surface area contributed by atoms with Crippen molar-refractivity contribution in [2.24, 2.45) is 0 Å². The molecule has 0 saturated carbocycles. The van der Waals surface area contributed by atoms with Crippen LogP contribution >= 0.6 is 15.9 Å². The molecular weight excluding hydrogens is 228 g/mol. The van der Waals surface area contributed by atoms with E-state index in [0.717, 1.165) is 0 Å². The molecule has 12 heavy (non-hydrogen) atoms. The van der Waals surface area contributed by atoms with Crippen molar-refractivity contribution in [2.45, 2.75) is 6.92 Å². The van der Waals surface area contributed by atoms with E-state index in [0.29, 0.717) is 5.69 Å². The summed E-state index contributed by atoms with van der Waals surface area (Å²) in [4.78, 5) is 13.1. The Morgan fingerprint density at radius 3 is 2.83 bits per heavy atom. The first-order valence-electron chi connectivity index (χ1n) is 3.03. The number of aryl methyl sites for hydroxylation is 1. The van der Waals surface area contributed by atoms with Gasteiger partial charge in [0.2, 0.25) is 5.75 Å². The van der Waals surface area contributed by atoms with Crippen molar-refractivity contribution in [1.29, 1.82) is 0 Å². The van der Waals surface area contributed by atoms with Crippen LogP contribution in [-0.4, -0.2) is 15.0 Å². The third-order valence-corrected chi connectivity index (χ3v) is 1.83. The van der Waals surface area contributed by atoms with Gasteiger partial charge in [0.15, 0.2) is 5.69 Å². The molecule has 6 heteroatoms. The van der Waals surface area contributed by atoms with E-state index < -0.39 is 16.5 Å². The van der Waals surface area contributed by atoms with Crippen LogP contribution in [0, 0.1) is 17.0 Å². The molecule has 0 aliphatic heterocycles. The highest BCUT2D eigenvalue weighted by molar-refractivity contribution is 9.10. The van der Waals surface area contributed by atoms with Gasteiger partial charge in [0, 0.05) is 13.0 Å². The number of aromatic nitrogens is 1. The number of halogens is 1. The minimum Gasteiger partial charge on any atom is -0.500 e. The number of hydrogen-bond acceptors (Lipinski definition) is 4. The van der Waals surface area contributed by atoms with Gasteiger partial charge in [-0.3, -0.25) is 0 Å². The van der Waals surface area contributed by atoms with E-state index in [1.165, 1.54) is 6.07 Å². The Labute approximate surface area is 76.3 Å². The second kappa shape index (κ2) is 3.06. The molecule has 1 aromatic rings. The number of pyridine rings is 1. The summed E-state index contributed by atoms with van der Waals surface area (Å²) in [6.07, 6.45) is 0. The molecule has 0 spiro atoms. The normalized spacial score (nSPS) is 9.83. The standard InChI is InChI=1S/C6H5BrN2O3/c1-3-2-4(7)5(10)6(8-3)9(11)12/h2,10H,1H3. The average molecular weight is 233 g/mol. The van der Waals surface area contributed by atoms with E-state index in [-0.39, 0.29) is 4.47 Å². The maximum absolute atomic E-state index is 10.3. The van der Waals surface area contributed by atoms with Crippen molar-refractivity contribution >= 4 is 21.7 Å². The number of rotatable bonds is 1. The molecule has 0 atom stereocenters. The summed E-state index contributed by atoms with van der Waals surface area (Å²) in [6.45, 7) is 1.61. The predicted octanol–water partition coefficient (Wildman–Crippen LogP) is 1.77. The predicted molar refractivity (Wildman–Crippen MR) is 45.0 cm³/mol. The van der Waals surface area contributed by atoms with Crippen molar-refractivity contribution < 1.29 is 10.0 Å². The number of nitro groups is 1. The van der Waals surface area contributed by atoms with Gasteiger partial charge < -0.3 is 15.2 Å². The van der Waals surface area contributed by atoms with E-state index in [9.17, 15) is 10.1 Å². The third kappa shape index (κ3) is 1.53. The summed E-state index contributed by atoms with van der Waals surface area (Å²) < 4.78 is 0.279. The SMILES string of the molecule is Cc1cc(Br)c(O)c([N+](=O)[O-])n1. The lowest BCUT2D eigenvalue weighted by Crippen LogP contribution is -1.94. The first kappa shape index (κ1) is 8.92. The summed E-state index contributed by atoms with van der Waals surface area (Å²) in [7, 11) is 0. The average Bonchev–Trinajstić information content (AvgIpc) is 1.96. The molecule has 0 aliphatic rings. The Morgan fingerprint density at radius 1 is 1.75 bits per heavy atom. The van der Waals surface area contributed by atoms with Gasteiger partial charge in [0.25, 0.3) is 0 Å². The van der Waals surface area contributed by atoms with Crippen LogP contribution in [0.4, 0.5) is 5.82 Å². The summed E-state index contributed by atoms with van der Waals surface area (Å²) in [5, 5.41) is 19.4. The zero-order valence-electron chi connectivity index (χ0n) is 6.11. The van der Waals surface area contributed by atoms with Crippen LogP contribution < -0.4 is 0 Å². The lowest BCUT2D eigenvalue weighted by molar-refractivity contribution is -0.390. The maximum Gasteiger partial charge on any atom is 0.407 e. The summed E-state index contributed by atoms with van der Waals surface area (Å²) >= 11 is 2.97. The number of aromatic hydroxyl groups is 1. The second-order valence-electron chi connectivity index (χ2n) is 2.17. The Morgan fingerprint density at radius 2 is 2.33 bits per heavy atom. The number of hydrogen-bond donors (Lipinski definition) is 1. The highest BCUT2D eigenvalue weighted by atomic mass is 79.9. The molecule has 1 N–H and O–H groups in total. The molecule has 5 nitrogen and oxygen atoms in total. The maximum atomic E-state index is 10.3. The van der Waals surface area contributed by atoms with Crippen molar-refractivity contribution in [3.63, 3.8) is 0 Å². The monoisotopic (exact) mass is 232 g/mol. The molecule has 1 heterocycles. The Kier molecular flexibility index (Phi) is 2.27. The quantitative estimate of drug-likeness (QED) is 0.592. The largest absolute Gasteiger partial charge is 0.500 e. The van der Waals surface area contributed by atoms with Crippen molar-refractivity contribution in [1.82, 2.24) is 4.98 Å². The molecule has 0 amide bonds. The molecule has 0 aromatic carbocycles. The molecule has 0 saturated heterocycles. The fraction of sp³-hybridized carbons (Fsp3) is 0.167. The highest BCUT2D eigenvalue weighted by Crippen LogP contribution is 2.31. The van der Waals surface area contributed by atoms with Gasteiger partial charge in [0.05, 0.1) is 4.47 Å². The fourth-order valence-corrected chi connectivity index (χ4v) is 1.25. The Balaban J connectivity index is 3.37. The van der Waals surface area contributed by atoms with E-state index in [2.05, 4.69) is 20.9 Å². The highest BCUT2D eigenvalue weighted by Gasteiger charge is 2.18. The van der Waals surface area contributed by atoms with Crippen LogP contribution in [0.2, 0.25) is 0 Å². The molecule has 0 unspecified atom stereocenters. The van der Waals surface area contributed by atoms with Gasteiger partial charge in [-0.05, 0) is 25.8 Å². The van der Waals surface area contributed by atoms with Gasteiger partial charge in [-0.2, -0.15) is 0 Å².